The van der Waals surface area contributed by atoms with Crippen molar-refractivity contribution in [3.8, 4) is 0 Å². The van der Waals surface area contributed by atoms with Gasteiger partial charge in [-0.25, -0.2) is 0 Å². The summed E-state index contributed by atoms with van der Waals surface area (Å²) in [5, 5.41) is 2.46. The Hall–Kier alpha value is -1.64. The Kier molecular flexibility index (Phi) is 4.46. The lowest BCUT2D eigenvalue weighted by molar-refractivity contribution is -0.135. The molecule has 0 aromatic carbocycles. The number of nitrogens with one attached hydrogen (secondary N) is 1. The van der Waals surface area contributed by atoms with Gasteiger partial charge < -0.3 is 0 Å². The van der Waals surface area contributed by atoms with Crippen LogP contribution in [-0.4, -0.2) is 11.8 Å². The van der Waals surface area contributed by atoms with E-state index in [4.69, 9.17) is 0 Å². The fourth-order valence-electron chi connectivity index (χ4n) is 2.86. The highest BCUT2D eigenvalue weighted by Gasteiger charge is 2.32. The lowest BCUT2D eigenvalue weighted by Gasteiger charge is -2.32. The summed E-state index contributed by atoms with van der Waals surface area (Å²) in [6, 6.07) is 0. The molecule has 0 spiro atoms. The van der Waals surface area contributed by atoms with Crippen LogP contribution in [0.4, 0.5) is 0 Å². The number of carbonyl (C=O) groups excluding carboxylic acids is 2. The standard InChI is InChI=1S/C19H27NO2/c1-13(2)19(5)9-8-14(12-18(3,4)10-11-19)15-6-7-16(21)20-17(15)22/h8-13,15H,6-7H2,1-5H3,(H,20,21,22)/b9-8-,11-10?,14-12+. The third-order valence-electron chi connectivity index (χ3n) is 4.93. The molecule has 3 heteroatoms. The van der Waals surface area contributed by atoms with E-state index in [0.29, 0.717) is 18.8 Å². The van der Waals surface area contributed by atoms with E-state index in [1.54, 1.807) is 0 Å². The van der Waals surface area contributed by atoms with E-state index in [1.165, 1.54) is 0 Å². The maximum atomic E-state index is 12.2. The third-order valence-corrected chi connectivity index (χ3v) is 4.93. The van der Waals surface area contributed by atoms with Gasteiger partial charge in [0.05, 0.1) is 5.92 Å². The number of imide groups is 1. The summed E-state index contributed by atoms with van der Waals surface area (Å²) < 4.78 is 0. The molecule has 1 aliphatic carbocycles. The zero-order valence-electron chi connectivity index (χ0n) is 14.3. The fraction of sp³-hybridized carbons (Fsp3) is 0.579. The van der Waals surface area contributed by atoms with E-state index in [1.807, 2.05) is 0 Å². The average molecular weight is 301 g/mol. The first-order valence-corrected chi connectivity index (χ1v) is 8.09. The van der Waals surface area contributed by atoms with Crippen LogP contribution < -0.4 is 5.32 Å². The van der Waals surface area contributed by atoms with Gasteiger partial charge in [-0.1, -0.05) is 65.0 Å². The monoisotopic (exact) mass is 301 g/mol. The number of allylic oxidation sites excluding steroid dienone is 5. The maximum Gasteiger partial charge on any atom is 0.234 e. The molecular weight excluding hydrogens is 274 g/mol. The molecule has 2 unspecified atom stereocenters. The van der Waals surface area contributed by atoms with Crippen molar-refractivity contribution in [2.45, 2.75) is 47.5 Å². The van der Waals surface area contributed by atoms with Crippen LogP contribution in [0.5, 0.6) is 0 Å². The molecule has 0 saturated carbocycles. The molecule has 0 aromatic rings. The average Bonchev–Trinajstić information content (AvgIpc) is 2.40. The van der Waals surface area contributed by atoms with Crippen LogP contribution in [-0.2, 0) is 9.59 Å². The zero-order valence-corrected chi connectivity index (χ0v) is 14.3. The summed E-state index contributed by atoms with van der Waals surface area (Å²) in [4.78, 5) is 23.5. The second-order valence-electron chi connectivity index (χ2n) is 7.66. The fourth-order valence-corrected chi connectivity index (χ4v) is 2.86. The minimum atomic E-state index is -0.226. The van der Waals surface area contributed by atoms with Gasteiger partial charge in [0.15, 0.2) is 0 Å². The van der Waals surface area contributed by atoms with Crippen LogP contribution in [0.2, 0.25) is 0 Å². The summed E-state index contributed by atoms with van der Waals surface area (Å²) in [6.45, 7) is 10.9. The molecule has 2 rings (SSSR count). The van der Waals surface area contributed by atoms with Crippen molar-refractivity contribution in [1.82, 2.24) is 5.32 Å². The van der Waals surface area contributed by atoms with Gasteiger partial charge in [0, 0.05) is 17.3 Å². The first-order valence-electron chi connectivity index (χ1n) is 8.09. The molecule has 0 bridgehead atoms. The minimum absolute atomic E-state index is 0.0300. The van der Waals surface area contributed by atoms with Gasteiger partial charge >= 0.3 is 0 Å². The Balaban J connectivity index is 2.40. The number of piperidine rings is 1. The predicted octanol–water partition coefficient (Wildman–Crippen LogP) is 3.78. The molecule has 0 radical (unpaired) electrons. The predicted molar refractivity (Wildman–Crippen MR) is 89.0 cm³/mol. The van der Waals surface area contributed by atoms with Gasteiger partial charge in [-0.05, 0) is 17.9 Å². The highest BCUT2D eigenvalue weighted by atomic mass is 16.2. The number of amides is 2. The largest absolute Gasteiger partial charge is 0.296 e. The number of hydrogen-bond acceptors (Lipinski definition) is 2. The number of carbonyl (C=O) groups is 2. The van der Waals surface area contributed by atoms with Crippen molar-refractivity contribution in [2.24, 2.45) is 22.7 Å². The van der Waals surface area contributed by atoms with E-state index in [9.17, 15) is 9.59 Å². The Morgan fingerprint density at radius 1 is 1.14 bits per heavy atom. The summed E-state index contributed by atoms with van der Waals surface area (Å²) >= 11 is 0. The lowest BCUT2D eigenvalue weighted by Crippen LogP contribution is -2.41. The molecule has 2 amide bonds. The lowest BCUT2D eigenvalue weighted by atomic mass is 9.73. The smallest absolute Gasteiger partial charge is 0.234 e. The van der Waals surface area contributed by atoms with Crippen LogP contribution in [0.15, 0.2) is 36.0 Å². The van der Waals surface area contributed by atoms with Gasteiger partial charge in [-0.2, -0.15) is 0 Å². The van der Waals surface area contributed by atoms with Crippen molar-refractivity contribution in [1.29, 1.82) is 0 Å². The summed E-state index contributed by atoms with van der Waals surface area (Å²) in [6.07, 6.45) is 11.9. The normalized spacial score (nSPS) is 35.4. The van der Waals surface area contributed by atoms with E-state index in [2.05, 4.69) is 70.3 Å². The molecule has 1 N–H and O–H groups in total. The highest BCUT2D eigenvalue weighted by Crippen LogP contribution is 2.37. The van der Waals surface area contributed by atoms with Crippen LogP contribution in [0, 0.1) is 22.7 Å². The molecule has 120 valence electrons. The molecule has 22 heavy (non-hydrogen) atoms. The van der Waals surface area contributed by atoms with Crippen molar-refractivity contribution in [2.75, 3.05) is 0 Å². The molecule has 3 nitrogen and oxygen atoms in total. The molecule has 1 aliphatic heterocycles. The molecule has 1 heterocycles. The number of hydrogen-bond donors (Lipinski definition) is 1. The first kappa shape index (κ1) is 16.7. The molecular formula is C19H27NO2. The molecule has 0 aromatic heterocycles. The quantitative estimate of drug-likeness (QED) is 0.623. The highest BCUT2D eigenvalue weighted by molar-refractivity contribution is 6.00. The van der Waals surface area contributed by atoms with Gasteiger partial charge in [-0.15, -0.1) is 0 Å². The second-order valence-corrected chi connectivity index (χ2v) is 7.66. The Morgan fingerprint density at radius 2 is 1.82 bits per heavy atom. The first-order chi connectivity index (χ1) is 10.1. The molecule has 2 atom stereocenters. The summed E-state index contributed by atoms with van der Waals surface area (Å²) in [5.41, 5.74) is 0.877. The maximum absolute atomic E-state index is 12.2. The number of rotatable bonds is 2. The summed E-state index contributed by atoms with van der Waals surface area (Å²) in [5.74, 6) is -0.0883. The van der Waals surface area contributed by atoms with Gasteiger partial charge in [-0.3, -0.25) is 14.9 Å². The van der Waals surface area contributed by atoms with Crippen LogP contribution in [0.1, 0.15) is 47.5 Å². The molecule has 2 aliphatic rings. The topological polar surface area (TPSA) is 46.2 Å². The van der Waals surface area contributed by atoms with Crippen molar-refractivity contribution in [3.05, 3.63) is 36.0 Å². The summed E-state index contributed by atoms with van der Waals surface area (Å²) in [7, 11) is 0. The SMILES string of the molecule is CC(C)C1(C)C=CC(C)(C)/C=C(C2CCC(=O)NC2=O)\C=C/1. The van der Waals surface area contributed by atoms with Crippen LogP contribution >= 0.6 is 0 Å². The molecule has 1 fully saturated rings. The third kappa shape index (κ3) is 3.57. The van der Waals surface area contributed by atoms with Crippen LogP contribution in [0.25, 0.3) is 0 Å². The van der Waals surface area contributed by atoms with Crippen molar-refractivity contribution >= 4 is 11.8 Å². The van der Waals surface area contributed by atoms with Gasteiger partial charge in [0.25, 0.3) is 0 Å². The van der Waals surface area contributed by atoms with Gasteiger partial charge in [0.1, 0.15) is 0 Å². The molecule has 1 saturated heterocycles. The Bertz CT molecular complexity index is 566. The minimum Gasteiger partial charge on any atom is -0.296 e. The van der Waals surface area contributed by atoms with Crippen molar-refractivity contribution < 1.29 is 9.59 Å². The van der Waals surface area contributed by atoms with E-state index in [0.717, 1.165) is 5.57 Å². The Morgan fingerprint density at radius 3 is 2.41 bits per heavy atom. The second kappa shape index (κ2) is 5.86. The Labute approximate surface area is 133 Å². The van der Waals surface area contributed by atoms with E-state index < -0.39 is 0 Å². The van der Waals surface area contributed by atoms with Crippen LogP contribution in [0.3, 0.4) is 0 Å². The van der Waals surface area contributed by atoms with Gasteiger partial charge in [0.2, 0.25) is 11.8 Å². The van der Waals surface area contributed by atoms with Crippen molar-refractivity contribution in [3.63, 3.8) is 0 Å². The van der Waals surface area contributed by atoms with E-state index in [-0.39, 0.29) is 28.6 Å². The zero-order chi connectivity index (χ0) is 16.5. The van der Waals surface area contributed by atoms with E-state index >= 15 is 0 Å².